The van der Waals surface area contributed by atoms with E-state index in [1.54, 1.807) is 0 Å². The van der Waals surface area contributed by atoms with Crippen molar-refractivity contribution in [3.63, 3.8) is 0 Å². The second-order valence-corrected chi connectivity index (χ2v) is 5.07. The number of thiocarbonyl (C=S) groups is 1. The van der Waals surface area contributed by atoms with E-state index in [2.05, 4.69) is 22.2 Å². The van der Waals surface area contributed by atoms with Gasteiger partial charge in [0.1, 0.15) is 0 Å². The summed E-state index contributed by atoms with van der Waals surface area (Å²) in [7, 11) is 0. The molecule has 0 spiro atoms. The van der Waals surface area contributed by atoms with Gasteiger partial charge in [0.15, 0.2) is 5.11 Å². The largest absolute Gasteiger partial charge is 0.331 e. The van der Waals surface area contributed by atoms with E-state index >= 15 is 0 Å². The molecule has 96 valence electrons. The molecule has 1 aliphatic carbocycles. The van der Waals surface area contributed by atoms with Crippen LogP contribution in [0.3, 0.4) is 0 Å². The van der Waals surface area contributed by atoms with Gasteiger partial charge in [-0.3, -0.25) is 15.6 Å². The van der Waals surface area contributed by atoms with Crippen molar-refractivity contribution in [2.24, 2.45) is 5.92 Å². The molecule has 0 aliphatic heterocycles. The maximum absolute atomic E-state index is 11.4. The Balaban J connectivity index is 1.84. The number of rotatable bonds is 2. The van der Waals surface area contributed by atoms with E-state index in [9.17, 15) is 4.79 Å². The Kier molecular flexibility index (Phi) is 3.81. The second-order valence-electron chi connectivity index (χ2n) is 4.66. The van der Waals surface area contributed by atoms with E-state index in [0.29, 0.717) is 5.11 Å². The molecular weight excluding hydrogens is 246 g/mol. The summed E-state index contributed by atoms with van der Waals surface area (Å²) in [6, 6.07) is 6.07. The normalized spacial score (nSPS) is 13.9. The molecular formula is C13H17N3OS. The number of anilines is 1. The van der Waals surface area contributed by atoms with E-state index in [0.717, 1.165) is 24.1 Å². The number of aryl methyl sites for hydroxylation is 2. The van der Waals surface area contributed by atoms with Crippen LogP contribution in [0.15, 0.2) is 18.2 Å². The predicted molar refractivity (Wildman–Crippen MR) is 76.1 cm³/mol. The van der Waals surface area contributed by atoms with E-state index in [1.165, 1.54) is 5.56 Å². The highest BCUT2D eigenvalue weighted by atomic mass is 32.1. The van der Waals surface area contributed by atoms with Crippen molar-refractivity contribution in [2.75, 3.05) is 5.32 Å². The van der Waals surface area contributed by atoms with E-state index in [4.69, 9.17) is 12.2 Å². The molecule has 2 rings (SSSR count). The van der Waals surface area contributed by atoms with Crippen molar-refractivity contribution >= 4 is 28.9 Å². The van der Waals surface area contributed by atoms with Gasteiger partial charge in [0.05, 0.1) is 0 Å². The van der Waals surface area contributed by atoms with Gasteiger partial charge in [0.25, 0.3) is 0 Å². The minimum Gasteiger partial charge on any atom is -0.331 e. The first kappa shape index (κ1) is 12.8. The summed E-state index contributed by atoms with van der Waals surface area (Å²) in [5, 5.41) is 3.46. The van der Waals surface area contributed by atoms with Crippen LogP contribution in [0.1, 0.15) is 24.0 Å². The van der Waals surface area contributed by atoms with Crippen LogP contribution >= 0.6 is 12.2 Å². The van der Waals surface area contributed by atoms with Gasteiger partial charge >= 0.3 is 0 Å². The van der Waals surface area contributed by atoms with Crippen LogP contribution in [0.2, 0.25) is 0 Å². The summed E-state index contributed by atoms with van der Waals surface area (Å²) in [6.45, 7) is 4.06. The summed E-state index contributed by atoms with van der Waals surface area (Å²) in [6.07, 6.45) is 1.95. The Hall–Kier alpha value is -1.62. The molecule has 1 aliphatic rings. The quantitative estimate of drug-likeness (QED) is 0.564. The van der Waals surface area contributed by atoms with Crippen molar-refractivity contribution in [3.05, 3.63) is 29.3 Å². The fraction of sp³-hybridized carbons (Fsp3) is 0.385. The van der Waals surface area contributed by atoms with Crippen molar-refractivity contribution in [3.8, 4) is 0 Å². The zero-order chi connectivity index (χ0) is 13.1. The highest BCUT2D eigenvalue weighted by Crippen LogP contribution is 2.28. The molecule has 0 aromatic heterocycles. The van der Waals surface area contributed by atoms with Gasteiger partial charge < -0.3 is 5.32 Å². The third-order valence-corrected chi connectivity index (χ3v) is 3.08. The van der Waals surface area contributed by atoms with E-state index in [1.807, 2.05) is 26.0 Å². The van der Waals surface area contributed by atoms with Crippen LogP contribution in [0, 0.1) is 19.8 Å². The summed E-state index contributed by atoms with van der Waals surface area (Å²) in [5.74, 6) is 0.182. The standard InChI is InChI=1S/C13H17N3OS/c1-8-3-6-11(9(2)7-8)14-13(18)16-15-12(17)10-4-5-10/h3,6-7,10H,4-5H2,1-2H3,(H,15,17)(H2,14,16,18). The van der Waals surface area contributed by atoms with Crippen molar-refractivity contribution in [2.45, 2.75) is 26.7 Å². The number of carbonyl (C=O) groups excluding carboxylic acids is 1. The third-order valence-electron chi connectivity index (χ3n) is 2.88. The number of carbonyl (C=O) groups is 1. The topological polar surface area (TPSA) is 53.2 Å². The maximum Gasteiger partial charge on any atom is 0.241 e. The fourth-order valence-corrected chi connectivity index (χ4v) is 1.83. The lowest BCUT2D eigenvalue weighted by atomic mass is 10.1. The van der Waals surface area contributed by atoms with Crippen molar-refractivity contribution in [1.82, 2.24) is 10.9 Å². The molecule has 1 saturated carbocycles. The predicted octanol–water partition coefficient (Wildman–Crippen LogP) is 2.03. The zero-order valence-electron chi connectivity index (χ0n) is 10.5. The van der Waals surface area contributed by atoms with Crippen molar-refractivity contribution < 1.29 is 4.79 Å². The van der Waals surface area contributed by atoms with Crippen LogP contribution < -0.4 is 16.2 Å². The summed E-state index contributed by atoms with van der Waals surface area (Å²) in [5.41, 5.74) is 8.59. The number of hydrazine groups is 1. The summed E-state index contributed by atoms with van der Waals surface area (Å²) >= 11 is 5.12. The Bertz CT molecular complexity index is 483. The second kappa shape index (κ2) is 5.35. The lowest BCUT2D eigenvalue weighted by Crippen LogP contribution is -2.44. The highest BCUT2D eigenvalue weighted by Gasteiger charge is 2.29. The SMILES string of the molecule is Cc1ccc(NC(=S)NNC(=O)C2CC2)c(C)c1. The average molecular weight is 263 g/mol. The number of hydrogen-bond acceptors (Lipinski definition) is 2. The molecule has 4 nitrogen and oxygen atoms in total. The monoisotopic (exact) mass is 263 g/mol. The van der Waals surface area contributed by atoms with Crippen molar-refractivity contribution in [1.29, 1.82) is 0 Å². The molecule has 18 heavy (non-hydrogen) atoms. The van der Waals surface area contributed by atoms with Crippen LogP contribution in [0.25, 0.3) is 0 Å². The molecule has 3 N–H and O–H groups in total. The van der Waals surface area contributed by atoms with Crippen LogP contribution in [0.5, 0.6) is 0 Å². The third kappa shape index (κ3) is 3.43. The molecule has 0 heterocycles. The van der Waals surface area contributed by atoms with Gasteiger partial charge in [0.2, 0.25) is 5.91 Å². The number of hydrogen-bond donors (Lipinski definition) is 3. The minimum absolute atomic E-state index is 0.0137. The highest BCUT2D eigenvalue weighted by molar-refractivity contribution is 7.80. The van der Waals surface area contributed by atoms with Crippen LogP contribution in [-0.4, -0.2) is 11.0 Å². The first-order valence-corrected chi connectivity index (χ1v) is 6.41. The van der Waals surface area contributed by atoms with Gasteiger partial charge in [0, 0.05) is 11.6 Å². The summed E-state index contributed by atoms with van der Waals surface area (Å²) < 4.78 is 0. The van der Waals surface area contributed by atoms with Gasteiger partial charge in [-0.15, -0.1) is 0 Å². The molecule has 0 unspecified atom stereocenters. The minimum atomic E-state index is 0.0137. The Morgan fingerprint density at radius 1 is 1.28 bits per heavy atom. The molecule has 0 atom stereocenters. The molecule has 0 bridgehead atoms. The molecule has 0 radical (unpaired) electrons. The van der Waals surface area contributed by atoms with Crippen LogP contribution in [-0.2, 0) is 4.79 Å². The first-order valence-electron chi connectivity index (χ1n) is 6.00. The first-order chi connectivity index (χ1) is 8.56. The van der Waals surface area contributed by atoms with E-state index < -0.39 is 0 Å². The maximum atomic E-state index is 11.4. The molecule has 1 aromatic rings. The molecule has 1 amide bonds. The Morgan fingerprint density at radius 3 is 2.61 bits per heavy atom. The molecule has 1 aromatic carbocycles. The Labute approximate surface area is 112 Å². The fourth-order valence-electron chi connectivity index (χ4n) is 1.67. The zero-order valence-corrected chi connectivity index (χ0v) is 11.4. The van der Waals surface area contributed by atoms with Gasteiger partial charge in [-0.1, -0.05) is 17.7 Å². The van der Waals surface area contributed by atoms with Gasteiger partial charge in [-0.05, 0) is 50.5 Å². The Morgan fingerprint density at radius 2 is 2.00 bits per heavy atom. The van der Waals surface area contributed by atoms with Gasteiger partial charge in [-0.25, -0.2) is 0 Å². The number of amides is 1. The van der Waals surface area contributed by atoms with E-state index in [-0.39, 0.29) is 11.8 Å². The number of nitrogens with one attached hydrogen (secondary N) is 3. The number of benzene rings is 1. The molecule has 5 heteroatoms. The summed E-state index contributed by atoms with van der Waals surface area (Å²) in [4.78, 5) is 11.4. The molecule has 0 saturated heterocycles. The smallest absolute Gasteiger partial charge is 0.241 e. The molecule has 1 fully saturated rings. The van der Waals surface area contributed by atoms with Gasteiger partial charge in [-0.2, -0.15) is 0 Å². The van der Waals surface area contributed by atoms with Crippen LogP contribution in [0.4, 0.5) is 5.69 Å². The lowest BCUT2D eigenvalue weighted by molar-refractivity contribution is -0.122. The average Bonchev–Trinajstić information content (AvgIpc) is 3.14. The lowest BCUT2D eigenvalue weighted by Gasteiger charge is -2.13.